The fourth-order valence-electron chi connectivity index (χ4n) is 13.0. The highest BCUT2D eigenvalue weighted by Gasteiger charge is 2.35. The van der Waals surface area contributed by atoms with Gasteiger partial charge in [0.15, 0.2) is 45.9 Å². The van der Waals surface area contributed by atoms with Gasteiger partial charge in [-0.25, -0.2) is 59.8 Å². The maximum Gasteiger partial charge on any atom is 0.163 e. The van der Waals surface area contributed by atoms with E-state index in [-0.39, 0.29) is 28.8 Å². The Morgan fingerprint density at radius 1 is 0.252 bits per heavy atom. The van der Waals surface area contributed by atoms with Crippen molar-refractivity contribution in [2.45, 2.75) is 19.3 Å². The Hall–Kier alpha value is -11.9. The molecular weight excluding hydrogens is 1580 g/mol. The Morgan fingerprint density at radius 3 is 1.06 bits per heavy atom. The van der Waals surface area contributed by atoms with Crippen LogP contribution in [0.15, 0.2) is 346 Å². The average Bonchev–Trinajstić information content (AvgIpc) is 1.50. The van der Waals surface area contributed by atoms with E-state index in [2.05, 4.69) is 222 Å². The highest BCUT2D eigenvalue weighted by Crippen LogP contribution is 2.50. The average molecular weight is 1650 g/mol. The van der Waals surface area contributed by atoms with Crippen molar-refractivity contribution in [3.8, 4) is 113 Å². The van der Waals surface area contributed by atoms with E-state index in [0.29, 0.717) is 51.3 Å². The van der Waals surface area contributed by atoms with Crippen LogP contribution in [0.5, 0.6) is 0 Å². The third kappa shape index (κ3) is 15.1. The Kier molecular flexibility index (Phi) is 18.4. The van der Waals surface area contributed by atoms with Gasteiger partial charge >= 0.3 is 0 Å². The van der Waals surface area contributed by atoms with Crippen molar-refractivity contribution in [1.29, 1.82) is 0 Å². The molecule has 18 aromatic rings. The zero-order valence-electron chi connectivity index (χ0n) is 62.2. The summed E-state index contributed by atoms with van der Waals surface area (Å²) in [6.07, 6.45) is 6.90. The lowest BCUT2D eigenvalue weighted by molar-refractivity contribution is 0.660. The van der Waals surface area contributed by atoms with Gasteiger partial charge in [-0.05, 0) is 137 Å². The van der Waals surface area contributed by atoms with Gasteiger partial charge in [0.1, 0.15) is 0 Å². The molecule has 107 heavy (non-hydrogen) atoms. The molecule has 0 fully saturated rings. The number of rotatable bonds is 9. The van der Waals surface area contributed by atoms with Crippen LogP contribution in [0.1, 0.15) is 31.8 Å². The molecule has 8 heterocycles. The number of pyridine rings is 4. The minimum Gasteiger partial charge on any atom is -0.236 e. The van der Waals surface area contributed by atoms with Gasteiger partial charge in [-0.1, -0.05) is 278 Å². The van der Waals surface area contributed by atoms with Gasteiger partial charge in [-0.3, -0.25) is 0 Å². The number of aromatic nitrogens is 12. The van der Waals surface area contributed by atoms with Gasteiger partial charge in [0, 0.05) is 114 Å². The molecule has 0 aliphatic heterocycles. The maximum atomic E-state index is 8.30. The molecule has 0 radical (unpaired) electrons. The van der Waals surface area contributed by atoms with E-state index in [4.69, 9.17) is 31.8 Å². The first kappa shape index (κ1) is 63.5. The van der Waals surface area contributed by atoms with E-state index >= 15 is 0 Å². The number of halogens is 4. The largest absolute Gasteiger partial charge is 0.236 e. The molecule has 1 aliphatic rings. The first-order chi connectivity index (χ1) is 54.5. The summed E-state index contributed by atoms with van der Waals surface area (Å²) >= 11 is 14.0. The van der Waals surface area contributed by atoms with Crippen molar-refractivity contribution in [1.82, 2.24) is 59.8 Å². The molecule has 16 heteroatoms. The third-order valence-corrected chi connectivity index (χ3v) is 20.2. The molecule has 0 amide bonds. The Labute approximate surface area is 658 Å². The second-order valence-corrected chi connectivity index (χ2v) is 29.0. The van der Waals surface area contributed by atoms with Gasteiger partial charge in [0.25, 0.3) is 0 Å². The standard InChI is InChI=1S/C28H20BrN3.C25H16BrN3.2C19H12BrN3/c1-28(2)23-8-4-3-6-20(23)21-14-11-18(16-24(21)28)25-22-7-5-15-30-27(22)32-26(31-25)17-9-12-19(29)13-10-17;26-21-9-4-8-20(16-21)24-28-23(22-10-5-15-27-25(22)29-24)19-13-11-18(12-14-19)17-6-2-1-3-7-17;2*20-15-9-4-8-14(12-15)18-22-17(13-6-2-1-3-7-13)16-10-5-11-21-19(16)23-18/h3-16H,1-2H3;1-16H;2*1-12H/i;;1D,2D,3D,6D,7D;. The summed E-state index contributed by atoms with van der Waals surface area (Å²) in [6, 6.07) is 89.3. The summed E-state index contributed by atoms with van der Waals surface area (Å²) in [4.78, 5) is 55.6. The van der Waals surface area contributed by atoms with E-state index in [1.165, 1.54) is 33.4 Å². The number of hydrogen-bond acceptors (Lipinski definition) is 12. The van der Waals surface area contributed by atoms with Crippen molar-refractivity contribution < 1.29 is 6.85 Å². The van der Waals surface area contributed by atoms with Gasteiger partial charge in [0.05, 0.1) is 29.6 Å². The number of hydrogen-bond donors (Lipinski definition) is 0. The van der Waals surface area contributed by atoms with E-state index < -0.39 is 18.1 Å². The van der Waals surface area contributed by atoms with Crippen LogP contribution in [0.25, 0.3) is 157 Å². The molecule has 0 bridgehead atoms. The summed E-state index contributed by atoms with van der Waals surface area (Å²) in [5.74, 6) is 2.38. The quantitative estimate of drug-likeness (QED) is 0.135. The van der Waals surface area contributed by atoms with Crippen molar-refractivity contribution >= 4 is 108 Å². The van der Waals surface area contributed by atoms with Crippen molar-refractivity contribution in [2.75, 3.05) is 0 Å². The van der Waals surface area contributed by atoms with Crippen LogP contribution in [-0.4, -0.2) is 59.8 Å². The lowest BCUT2D eigenvalue weighted by Crippen LogP contribution is -2.15. The first-order valence-electron chi connectivity index (χ1n) is 36.6. The van der Waals surface area contributed by atoms with Crippen molar-refractivity contribution in [3.63, 3.8) is 0 Å². The molecule has 8 aromatic heterocycles. The van der Waals surface area contributed by atoms with Crippen LogP contribution in [0.4, 0.5) is 0 Å². The van der Waals surface area contributed by atoms with Gasteiger partial charge in [-0.15, -0.1) is 0 Å². The molecule has 0 saturated carbocycles. The maximum absolute atomic E-state index is 8.30. The SMILES string of the molecule is Brc1cccc(-c2nc(-c3ccc(-c4ccccc4)cc3)c3cccnc3n2)c1.Brc1cccc(-c2nc(-c3ccccc3)c3cccnc3n2)c1.CC1(C)c2ccccc2-c2ccc(-c3nc(-c4ccc(Br)cc4)nc4ncccc34)cc21.[2H]c1c([2H])c([2H])c(-c2nc(-c3cccc(Br)c3)nc3ncccc23)c([2H])c1[2H]. The molecule has 512 valence electrons. The number of nitrogens with zero attached hydrogens (tertiary/aromatic N) is 12. The predicted octanol–water partition coefficient (Wildman–Crippen LogP) is 24.5. The van der Waals surface area contributed by atoms with Crippen LogP contribution in [0.3, 0.4) is 0 Å². The van der Waals surface area contributed by atoms with Gasteiger partial charge in [0.2, 0.25) is 0 Å². The summed E-state index contributed by atoms with van der Waals surface area (Å²) in [6.45, 7) is 4.60. The first-order valence-corrected chi connectivity index (χ1v) is 37.2. The Balaban J connectivity index is 0.000000114. The smallest absolute Gasteiger partial charge is 0.163 e. The van der Waals surface area contributed by atoms with Crippen LogP contribution in [0.2, 0.25) is 0 Å². The highest BCUT2D eigenvalue weighted by molar-refractivity contribution is 9.11. The second-order valence-electron chi connectivity index (χ2n) is 25.4. The van der Waals surface area contributed by atoms with Crippen LogP contribution < -0.4 is 0 Å². The molecule has 0 spiro atoms. The normalized spacial score (nSPS) is 12.4. The summed E-state index contributed by atoms with van der Waals surface area (Å²) in [7, 11) is 0. The molecule has 0 N–H and O–H groups in total. The minimum absolute atomic E-state index is 0.0302. The molecule has 19 rings (SSSR count). The summed E-state index contributed by atoms with van der Waals surface area (Å²) in [5.41, 5.74) is 19.9. The topological polar surface area (TPSA) is 155 Å². The zero-order chi connectivity index (χ0) is 77.2. The molecular formula is C91H60Br4N12. The lowest BCUT2D eigenvalue weighted by atomic mass is 9.82. The number of fused-ring (bicyclic) bond motifs is 7. The molecule has 10 aromatic carbocycles. The minimum atomic E-state index is -0.442. The Morgan fingerprint density at radius 2 is 0.598 bits per heavy atom. The second kappa shape index (κ2) is 31.0. The van der Waals surface area contributed by atoms with E-state index in [1.54, 1.807) is 36.9 Å². The van der Waals surface area contributed by atoms with Crippen LogP contribution in [-0.2, 0) is 5.41 Å². The third-order valence-electron chi connectivity index (χ3n) is 18.1. The lowest BCUT2D eigenvalue weighted by Gasteiger charge is -2.22. The fourth-order valence-corrected chi connectivity index (χ4v) is 14.4. The molecule has 0 saturated heterocycles. The Bertz CT molecular complexity index is 6600. The monoisotopic (exact) mass is 1640 g/mol. The van der Waals surface area contributed by atoms with Crippen molar-refractivity contribution in [3.05, 3.63) is 357 Å². The van der Waals surface area contributed by atoms with Gasteiger partial charge < -0.3 is 0 Å². The molecule has 1 aliphatic carbocycles. The van der Waals surface area contributed by atoms with Crippen molar-refractivity contribution in [2.24, 2.45) is 0 Å². The van der Waals surface area contributed by atoms with Gasteiger partial charge in [-0.2, -0.15) is 0 Å². The summed E-state index contributed by atoms with van der Waals surface area (Å²) < 4.78 is 44.2. The van der Waals surface area contributed by atoms with E-state index in [9.17, 15) is 0 Å². The van der Waals surface area contributed by atoms with E-state index in [1.807, 2.05) is 152 Å². The zero-order valence-corrected chi connectivity index (χ0v) is 63.5. The molecule has 0 unspecified atom stereocenters. The highest BCUT2D eigenvalue weighted by atomic mass is 79.9. The number of benzene rings is 10. The fraction of sp³-hybridized carbons (Fsp3) is 0.0330. The van der Waals surface area contributed by atoms with Crippen LogP contribution in [0, 0.1) is 0 Å². The van der Waals surface area contributed by atoms with E-state index in [0.717, 1.165) is 90.1 Å². The summed E-state index contributed by atoms with van der Waals surface area (Å²) in [5, 5.41) is 3.37. The predicted molar refractivity (Wildman–Crippen MR) is 447 cm³/mol. The molecule has 12 nitrogen and oxygen atoms in total. The van der Waals surface area contributed by atoms with Crippen LogP contribution >= 0.6 is 63.7 Å². The molecule has 0 atom stereocenters.